The molecule has 1 aromatic heterocycles. The summed E-state index contributed by atoms with van der Waals surface area (Å²) in [5.74, 6) is -0.302. The summed E-state index contributed by atoms with van der Waals surface area (Å²) in [4.78, 5) is 36.8. The average molecular weight is 280 g/mol. The van der Waals surface area contributed by atoms with Crippen molar-refractivity contribution < 1.29 is 4.79 Å². The fourth-order valence-electron chi connectivity index (χ4n) is 2.53. The van der Waals surface area contributed by atoms with Gasteiger partial charge in [0.25, 0.3) is 5.56 Å². The number of carbonyl (C=O) groups excluding carboxylic acids is 1. The van der Waals surface area contributed by atoms with Crippen molar-refractivity contribution in [3.63, 3.8) is 0 Å². The van der Waals surface area contributed by atoms with Crippen LogP contribution in [0.2, 0.25) is 0 Å². The maximum Gasteiger partial charge on any atom is 0.330 e. The summed E-state index contributed by atoms with van der Waals surface area (Å²) in [5, 5.41) is 0. The molecule has 7 heteroatoms. The fraction of sp³-hybridized carbons (Fsp3) is 0.615. The molecule has 1 fully saturated rings. The molecule has 20 heavy (non-hydrogen) atoms. The Kier molecular flexibility index (Phi) is 4.08. The van der Waals surface area contributed by atoms with Gasteiger partial charge in [0.2, 0.25) is 5.91 Å². The van der Waals surface area contributed by atoms with Crippen LogP contribution >= 0.6 is 0 Å². The fourth-order valence-corrected chi connectivity index (χ4v) is 2.53. The number of amides is 1. The molecular formula is C13H20N4O3. The summed E-state index contributed by atoms with van der Waals surface area (Å²) in [5.41, 5.74) is 5.37. The van der Waals surface area contributed by atoms with E-state index in [1.807, 2.05) is 0 Å². The molecule has 2 N–H and O–H groups in total. The third-order valence-electron chi connectivity index (χ3n) is 4.00. The Bertz CT molecular complexity index is 623. The van der Waals surface area contributed by atoms with Crippen LogP contribution in [0.25, 0.3) is 0 Å². The molecule has 110 valence electrons. The Balaban J connectivity index is 2.11. The van der Waals surface area contributed by atoms with Crippen molar-refractivity contribution in [1.29, 1.82) is 0 Å². The average Bonchev–Trinajstić information content (AvgIpc) is 2.43. The smallest absolute Gasteiger partial charge is 0.330 e. The SMILES string of the molecule is Cn1c(CN2CCC(C(N)=O)CC2)cc(=O)n(C)c1=O. The van der Waals surface area contributed by atoms with Gasteiger partial charge in [0, 0.05) is 38.3 Å². The van der Waals surface area contributed by atoms with E-state index in [9.17, 15) is 14.4 Å². The zero-order valence-electron chi connectivity index (χ0n) is 11.8. The third kappa shape index (κ3) is 2.82. The molecule has 1 aromatic rings. The van der Waals surface area contributed by atoms with Crippen molar-refractivity contribution in [1.82, 2.24) is 14.0 Å². The van der Waals surface area contributed by atoms with Gasteiger partial charge in [-0.25, -0.2) is 4.79 Å². The van der Waals surface area contributed by atoms with E-state index in [1.54, 1.807) is 7.05 Å². The standard InChI is InChI=1S/C13H20N4O3/c1-15-10(7-11(18)16(2)13(15)20)8-17-5-3-9(4-6-17)12(14)19/h7,9H,3-6,8H2,1-2H3,(H2,14,19). The second-order valence-corrected chi connectivity index (χ2v) is 5.33. The Hall–Kier alpha value is -1.89. The molecule has 0 atom stereocenters. The van der Waals surface area contributed by atoms with E-state index in [4.69, 9.17) is 5.73 Å². The van der Waals surface area contributed by atoms with E-state index >= 15 is 0 Å². The van der Waals surface area contributed by atoms with Gasteiger partial charge in [0.05, 0.1) is 0 Å². The van der Waals surface area contributed by atoms with E-state index in [2.05, 4.69) is 4.90 Å². The number of primary amides is 1. The largest absolute Gasteiger partial charge is 0.369 e. The number of nitrogens with two attached hydrogens (primary N) is 1. The second-order valence-electron chi connectivity index (χ2n) is 5.33. The number of hydrogen-bond acceptors (Lipinski definition) is 4. The highest BCUT2D eigenvalue weighted by molar-refractivity contribution is 5.76. The number of aromatic nitrogens is 2. The molecule has 2 heterocycles. The predicted molar refractivity (Wildman–Crippen MR) is 74.1 cm³/mol. The summed E-state index contributed by atoms with van der Waals surface area (Å²) < 4.78 is 2.57. The third-order valence-corrected chi connectivity index (χ3v) is 4.00. The molecule has 0 aromatic carbocycles. The van der Waals surface area contributed by atoms with Gasteiger partial charge in [-0.15, -0.1) is 0 Å². The first-order valence-corrected chi connectivity index (χ1v) is 6.67. The Morgan fingerprint density at radius 2 is 1.85 bits per heavy atom. The van der Waals surface area contributed by atoms with Gasteiger partial charge >= 0.3 is 5.69 Å². The molecule has 7 nitrogen and oxygen atoms in total. The van der Waals surface area contributed by atoms with Crippen molar-refractivity contribution in [3.8, 4) is 0 Å². The van der Waals surface area contributed by atoms with Crippen LogP contribution in [0.5, 0.6) is 0 Å². The van der Waals surface area contributed by atoms with Crippen LogP contribution in [-0.2, 0) is 25.4 Å². The molecule has 0 radical (unpaired) electrons. The van der Waals surface area contributed by atoms with Crippen LogP contribution in [0.1, 0.15) is 18.5 Å². The van der Waals surface area contributed by atoms with E-state index in [-0.39, 0.29) is 23.1 Å². The van der Waals surface area contributed by atoms with E-state index in [0.29, 0.717) is 12.2 Å². The van der Waals surface area contributed by atoms with E-state index < -0.39 is 0 Å². The Morgan fingerprint density at radius 3 is 2.40 bits per heavy atom. The maximum atomic E-state index is 11.8. The van der Waals surface area contributed by atoms with E-state index in [1.165, 1.54) is 17.7 Å². The van der Waals surface area contributed by atoms with Crippen molar-refractivity contribution in [3.05, 3.63) is 32.6 Å². The van der Waals surface area contributed by atoms with Crippen molar-refractivity contribution in [2.45, 2.75) is 19.4 Å². The number of hydrogen-bond donors (Lipinski definition) is 1. The predicted octanol–water partition coefficient (Wildman–Crippen LogP) is -1.22. The lowest BCUT2D eigenvalue weighted by atomic mass is 9.96. The first-order valence-electron chi connectivity index (χ1n) is 6.67. The van der Waals surface area contributed by atoms with Gasteiger partial charge < -0.3 is 5.73 Å². The first kappa shape index (κ1) is 14.5. The zero-order valence-corrected chi connectivity index (χ0v) is 11.8. The highest BCUT2D eigenvalue weighted by Crippen LogP contribution is 2.17. The van der Waals surface area contributed by atoms with Crippen LogP contribution in [0.4, 0.5) is 0 Å². The summed E-state index contributed by atoms with van der Waals surface area (Å²) in [6, 6.07) is 1.49. The lowest BCUT2D eigenvalue weighted by Crippen LogP contribution is -2.42. The molecule has 1 amide bonds. The quantitative estimate of drug-likeness (QED) is 0.751. The molecule has 0 aliphatic carbocycles. The van der Waals surface area contributed by atoms with Gasteiger partial charge in [-0.1, -0.05) is 0 Å². The van der Waals surface area contributed by atoms with Gasteiger partial charge in [0.15, 0.2) is 0 Å². The zero-order chi connectivity index (χ0) is 14.9. The van der Waals surface area contributed by atoms with Crippen molar-refractivity contribution >= 4 is 5.91 Å². The van der Waals surface area contributed by atoms with Crippen LogP contribution in [-0.4, -0.2) is 33.0 Å². The molecule has 0 saturated carbocycles. The van der Waals surface area contributed by atoms with Crippen LogP contribution in [0, 0.1) is 5.92 Å². The van der Waals surface area contributed by atoms with Crippen LogP contribution in [0.15, 0.2) is 15.7 Å². The lowest BCUT2D eigenvalue weighted by molar-refractivity contribution is -0.123. The Morgan fingerprint density at radius 1 is 1.25 bits per heavy atom. The van der Waals surface area contributed by atoms with Gasteiger partial charge in [-0.2, -0.15) is 0 Å². The normalized spacial score (nSPS) is 17.3. The monoisotopic (exact) mass is 280 g/mol. The second kappa shape index (κ2) is 5.62. The minimum Gasteiger partial charge on any atom is -0.369 e. The lowest BCUT2D eigenvalue weighted by Gasteiger charge is -2.30. The summed E-state index contributed by atoms with van der Waals surface area (Å²) in [7, 11) is 3.13. The topological polar surface area (TPSA) is 90.3 Å². The van der Waals surface area contributed by atoms with Crippen molar-refractivity contribution in [2.75, 3.05) is 13.1 Å². The highest BCUT2D eigenvalue weighted by Gasteiger charge is 2.23. The summed E-state index contributed by atoms with van der Waals surface area (Å²) in [6.07, 6.45) is 1.46. The number of piperidine rings is 1. The summed E-state index contributed by atoms with van der Waals surface area (Å²) in [6.45, 7) is 2.03. The number of rotatable bonds is 3. The van der Waals surface area contributed by atoms with Gasteiger partial charge in [0.1, 0.15) is 0 Å². The number of likely N-dealkylation sites (tertiary alicyclic amines) is 1. The molecule has 1 aliphatic heterocycles. The molecule has 1 aliphatic rings. The molecule has 0 bridgehead atoms. The molecule has 0 spiro atoms. The molecule has 1 saturated heterocycles. The minimum atomic E-state index is -0.320. The van der Waals surface area contributed by atoms with E-state index in [0.717, 1.165) is 30.5 Å². The highest BCUT2D eigenvalue weighted by atomic mass is 16.2. The summed E-state index contributed by atoms with van der Waals surface area (Å²) >= 11 is 0. The molecule has 2 rings (SSSR count). The minimum absolute atomic E-state index is 0.0567. The van der Waals surface area contributed by atoms with Crippen molar-refractivity contribution in [2.24, 2.45) is 25.7 Å². The maximum absolute atomic E-state index is 11.8. The number of carbonyl (C=O) groups is 1. The Labute approximate surface area is 116 Å². The van der Waals surface area contributed by atoms with Gasteiger partial charge in [-0.3, -0.25) is 23.6 Å². The molecular weight excluding hydrogens is 260 g/mol. The number of nitrogens with zero attached hydrogens (tertiary/aromatic N) is 3. The van der Waals surface area contributed by atoms with Crippen LogP contribution < -0.4 is 17.0 Å². The van der Waals surface area contributed by atoms with Crippen LogP contribution in [0.3, 0.4) is 0 Å². The first-order chi connectivity index (χ1) is 9.40. The van der Waals surface area contributed by atoms with Gasteiger partial charge in [-0.05, 0) is 25.9 Å². The molecule has 0 unspecified atom stereocenters.